The van der Waals surface area contributed by atoms with Crippen LogP contribution in [0.4, 0.5) is 36.2 Å². The highest BCUT2D eigenvalue weighted by atomic mass is 19.4. The fourth-order valence-electron chi connectivity index (χ4n) is 4.38. The predicted molar refractivity (Wildman–Crippen MR) is 145 cm³/mol. The van der Waals surface area contributed by atoms with Crippen LogP contribution in [-0.4, -0.2) is 52.9 Å². The molecule has 0 aliphatic carbocycles. The number of aromatic nitrogens is 4. The Bertz CT molecular complexity index is 1630. The number of para-hydroxylation sites is 1. The molecule has 0 aliphatic rings. The van der Waals surface area contributed by atoms with Gasteiger partial charge in [-0.3, -0.25) is 9.89 Å². The van der Waals surface area contributed by atoms with Gasteiger partial charge in [0.1, 0.15) is 0 Å². The molecule has 5 aromatic rings. The van der Waals surface area contributed by atoms with Crippen LogP contribution in [0, 0.1) is 0 Å². The van der Waals surface area contributed by atoms with Gasteiger partial charge in [-0.1, -0.05) is 12.1 Å². The van der Waals surface area contributed by atoms with E-state index in [9.17, 15) is 18.0 Å². The van der Waals surface area contributed by atoms with E-state index < -0.39 is 11.7 Å². The van der Waals surface area contributed by atoms with Crippen molar-refractivity contribution in [2.45, 2.75) is 13.1 Å². The number of methoxy groups -OCH3 is 1. The lowest BCUT2D eigenvalue weighted by Gasteiger charge is -2.25. The predicted octanol–water partition coefficient (Wildman–Crippen LogP) is 5.93. The second-order valence-corrected chi connectivity index (χ2v) is 8.84. The van der Waals surface area contributed by atoms with Crippen LogP contribution in [-0.2, 0) is 10.9 Å². The molecule has 4 N–H and O–H groups in total. The number of benzene rings is 3. The zero-order valence-electron chi connectivity index (χ0n) is 21.2. The van der Waals surface area contributed by atoms with Crippen LogP contribution in [0.25, 0.3) is 21.9 Å². The number of nitrogens with one attached hydrogen (secondary N) is 4. The molecule has 2 heterocycles. The first kappa shape index (κ1) is 26.0. The van der Waals surface area contributed by atoms with Crippen molar-refractivity contribution in [3.63, 3.8) is 0 Å². The summed E-state index contributed by atoms with van der Waals surface area (Å²) < 4.78 is 45.7. The van der Waals surface area contributed by atoms with Crippen LogP contribution < -0.4 is 15.5 Å². The molecule has 39 heavy (non-hydrogen) atoms. The zero-order chi connectivity index (χ0) is 27.6. The van der Waals surface area contributed by atoms with Crippen molar-refractivity contribution in [1.29, 1.82) is 0 Å². The third-order valence-electron chi connectivity index (χ3n) is 6.32. The van der Waals surface area contributed by atoms with E-state index in [0.717, 1.165) is 17.0 Å². The number of fused-ring (bicyclic) bond motifs is 2. The van der Waals surface area contributed by atoms with Crippen molar-refractivity contribution in [3.05, 3.63) is 71.9 Å². The largest absolute Gasteiger partial charge is 0.418 e. The Hall–Kier alpha value is -4.58. The van der Waals surface area contributed by atoms with E-state index in [2.05, 4.69) is 30.8 Å². The molecule has 12 heteroatoms. The van der Waals surface area contributed by atoms with Crippen molar-refractivity contribution >= 4 is 50.9 Å². The van der Waals surface area contributed by atoms with Crippen LogP contribution >= 0.6 is 0 Å². The van der Waals surface area contributed by atoms with Crippen molar-refractivity contribution in [1.82, 2.24) is 20.2 Å². The molecule has 5 rings (SSSR count). The summed E-state index contributed by atoms with van der Waals surface area (Å²) >= 11 is 0. The van der Waals surface area contributed by atoms with Crippen LogP contribution in [0.2, 0.25) is 0 Å². The van der Waals surface area contributed by atoms with Gasteiger partial charge in [-0.25, -0.2) is 4.98 Å². The van der Waals surface area contributed by atoms with Gasteiger partial charge in [-0.05, 0) is 49.4 Å². The second-order valence-electron chi connectivity index (χ2n) is 8.84. The highest BCUT2D eigenvalue weighted by Gasteiger charge is 2.33. The van der Waals surface area contributed by atoms with Gasteiger partial charge >= 0.3 is 6.18 Å². The lowest BCUT2D eigenvalue weighted by Crippen LogP contribution is -2.29. The number of rotatable bonds is 9. The van der Waals surface area contributed by atoms with Crippen LogP contribution in [0.5, 0.6) is 0 Å². The molecule has 1 amide bonds. The molecule has 0 radical (unpaired) electrons. The Morgan fingerprint density at radius 2 is 1.92 bits per heavy atom. The number of ether oxygens (including phenoxy) is 1. The number of carbonyl (C=O) groups is 1. The first-order valence-electron chi connectivity index (χ1n) is 12.2. The summed E-state index contributed by atoms with van der Waals surface area (Å²) in [4.78, 5) is 23.0. The zero-order valence-corrected chi connectivity index (χ0v) is 21.2. The molecule has 0 spiro atoms. The minimum atomic E-state index is -4.53. The Morgan fingerprint density at radius 3 is 2.69 bits per heavy atom. The number of nitrogens with zero attached hydrogens (tertiary/aromatic N) is 3. The van der Waals surface area contributed by atoms with E-state index in [4.69, 9.17) is 4.74 Å². The molecule has 202 valence electrons. The minimum absolute atomic E-state index is 0.120. The highest BCUT2D eigenvalue weighted by molar-refractivity contribution is 6.11. The lowest BCUT2D eigenvalue weighted by molar-refractivity contribution is -0.136. The molecular weight excluding hydrogens is 511 g/mol. The van der Waals surface area contributed by atoms with Crippen LogP contribution in [0.15, 0.2) is 60.8 Å². The molecule has 0 atom stereocenters. The molecular formula is C27H26F3N7O2. The van der Waals surface area contributed by atoms with E-state index in [0.29, 0.717) is 47.7 Å². The van der Waals surface area contributed by atoms with Crippen molar-refractivity contribution in [2.75, 3.05) is 42.3 Å². The Labute approximate surface area is 221 Å². The van der Waals surface area contributed by atoms with Gasteiger partial charge in [0.2, 0.25) is 5.95 Å². The van der Waals surface area contributed by atoms with E-state index in [1.165, 1.54) is 18.2 Å². The summed E-state index contributed by atoms with van der Waals surface area (Å²) in [7, 11) is 1.60. The summed E-state index contributed by atoms with van der Waals surface area (Å²) in [5.74, 6) is -0.233. The maximum atomic E-state index is 13.5. The number of H-pyrrole nitrogens is 2. The monoisotopic (exact) mass is 537 g/mol. The number of hydrogen-bond donors (Lipinski definition) is 4. The average Bonchev–Trinajstić information content (AvgIpc) is 3.54. The second kappa shape index (κ2) is 10.7. The normalized spacial score (nSPS) is 11.7. The third-order valence-corrected chi connectivity index (χ3v) is 6.32. The fraction of sp³-hybridized carbons (Fsp3) is 0.222. The first-order chi connectivity index (χ1) is 18.8. The first-order valence-corrected chi connectivity index (χ1v) is 12.2. The fourth-order valence-corrected chi connectivity index (χ4v) is 4.38. The molecule has 0 unspecified atom stereocenters. The van der Waals surface area contributed by atoms with Crippen molar-refractivity contribution in [2.24, 2.45) is 0 Å². The maximum absolute atomic E-state index is 13.5. The summed E-state index contributed by atoms with van der Waals surface area (Å²) in [5, 5.41) is 13.5. The number of imidazole rings is 1. The molecule has 9 nitrogen and oxygen atoms in total. The van der Waals surface area contributed by atoms with E-state index in [1.54, 1.807) is 37.6 Å². The molecule has 0 fully saturated rings. The number of carbonyl (C=O) groups excluding carboxylic acids is 1. The summed E-state index contributed by atoms with van der Waals surface area (Å²) in [6.45, 7) is 3.50. The summed E-state index contributed by atoms with van der Waals surface area (Å²) in [5.41, 5.74) is 2.39. The van der Waals surface area contributed by atoms with Crippen molar-refractivity contribution < 1.29 is 22.7 Å². The van der Waals surface area contributed by atoms with Gasteiger partial charge in [-0.15, -0.1) is 0 Å². The van der Waals surface area contributed by atoms with Gasteiger partial charge in [0, 0.05) is 31.3 Å². The number of anilines is 4. The molecule has 3 aromatic carbocycles. The maximum Gasteiger partial charge on any atom is 0.418 e. The molecule has 2 aromatic heterocycles. The quantitative estimate of drug-likeness (QED) is 0.186. The van der Waals surface area contributed by atoms with Gasteiger partial charge in [0.05, 0.1) is 51.9 Å². The third kappa shape index (κ3) is 5.50. The van der Waals surface area contributed by atoms with E-state index >= 15 is 0 Å². The summed E-state index contributed by atoms with van der Waals surface area (Å²) in [6.07, 6.45) is -2.84. The Morgan fingerprint density at radius 1 is 1.10 bits per heavy atom. The van der Waals surface area contributed by atoms with Crippen molar-refractivity contribution in [3.8, 4) is 0 Å². The number of halogens is 3. The smallest absolute Gasteiger partial charge is 0.383 e. The van der Waals surface area contributed by atoms with Crippen LogP contribution in [0.3, 0.4) is 0 Å². The average molecular weight is 538 g/mol. The van der Waals surface area contributed by atoms with Gasteiger partial charge in [0.25, 0.3) is 5.91 Å². The number of amides is 1. The highest BCUT2D eigenvalue weighted by Crippen LogP contribution is 2.36. The number of likely N-dealkylation sites (N-methyl/N-ethyl adjacent to an activating group) is 1. The summed E-state index contributed by atoms with van der Waals surface area (Å²) in [6, 6.07) is 14.0. The van der Waals surface area contributed by atoms with Crippen LogP contribution in [0.1, 0.15) is 22.8 Å². The molecule has 0 saturated heterocycles. The lowest BCUT2D eigenvalue weighted by atomic mass is 10.1. The SMILES string of the molecule is CCN(CCOC)c1cc2nc(Nc3ccccc3C(F)(F)F)[nH]c2cc1C(=O)Nc1ccc2cn[nH]c2c1. The number of alkyl halides is 3. The molecule has 0 aliphatic heterocycles. The molecule has 0 bridgehead atoms. The van der Waals surface area contributed by atoms with Gasteiger partial charge in [0.15, 0.2) is 0 Å². The van der Waals surface area contributed by atoms with Gasteiger partial charge in [-0.2, -0.15) is 18.3 Å². The minimum Gasteiger partial charge on any atom is -0.383 e. The Balaban J connectivity index is 1.52. The Kier molecular flexibility index (Phi) is 7.11. The van der Waals surface area contributed by atoms with Gasteiger partial charge < -0.3 is 25.3 Å². The topological polar surface area (TPSA) is 111 Å². The molecule has 0 saturated carbocycles. The van der Waals surface area contributed by atoms with E-state index in [1.807, 2.05) is 17.9 Å². The number of hydrogen-bond acceptors (Lipinski definition) is 6. The van der Waals surface area contributed by atoms with E-state index in [-0.39, 0.29) is 17.5 Å². The standard InChI is InChI=1S/C27H26F3N7O2/c1-3-37(10-11-39-2)24-14-23-22(34-26(35-23)33-20-7-5-4-6-19(20)27(28,29)30)13-18(24)25(38)32-17-9-8-16-15-31-36-21(16)12-17/h4-9,12-15H,3,10-11H2,1-2H3,(H,31,36)(H,32,38)(H2,33,34,35). The number of aromatic amines is 2.